The van der Waals surface area contributed by atoms with Crippen LogP contribution in [0.4, 0.5) is 0 Å². The van der Waals surface area contributed by atoms with E-state index in [9.17, 15) is 4.79 Å². The number of rotatable bonds is 7. The number of aromatic amines is 1. The zero-order valence-electron chi connectivity index (χ0n) is 15.4. The third-order valence-corrected chi connectivity index (χ3v) is 4.55. The molecule has 4 rings (SSSR count). The van der Waals surface area contributed by atoms with Crippen molar-refractivity contribution in [2.24, 2.45) is 0 Å². The maximum atomic E-state index is 12.6. The van der Waals surface area contributed by atoms with Gasteiger partial charge in [-0.3, -0.25) is 9.89 Å². The van der Waals surface area contributed by atoms with Crippen LogP contribution in [-0.2, 0) is 24.5 Å². The molecule has 0 radical (unpaired) electrons. The number of amides is 1. The summed E-state index contributed by atoms with van der Waals surface area (Å²) < 4.78 is 5.80. The average Bonchev–Trinajstić information content (AvgIpc) is 3.22. The fourth-order valence-corrected chi connectivity index (χ4v) is 3.13. The molecule has 0 fully saturated rings. The number of hydrogen-bond acceptors (Lipinski definition) is 3. The number of aromatic nitrogens is 2. The van der Waals surface area contributed by atoms with Crippen molar-refractivity contribution in [1.82, 2.24) is 15.5 Å². The molecule has 1 aromatic heterocycles. The highest BCUT2D eigenvalue weighted by atomic mass is 16.5. The standard InChI is InChI=1S/C23H21N3O2/c27-23(21-11-5-10-20-14-25-26-22(20)21)24-13-18-8-4-9-19(12-18)16-28-15-17-6-2-1-3-7-17/h1-12,14H,13,15-16H2,(H,24,27)(H,25,26). The van der Waals surface area contributed by atoms with Crippen molar-refractivity contribution in [2.45, 2.75) is 19.8 Å². The predicted octanol–water partition coefficient (Wildman–Crippen LogP) is 4.21. The largest absolute Gasteiger partial charge is 0.372 e. The van der Waals surface area contributed by atoms with E-state index in [1.807, 2.05) is 60.7 Å². The van der Waals surface area contributed by atoms with Gasteiger partial charge in [0.05, 0.1) is 30.5 Å². The molecule has 28 heavy (non-hydrogen) atoms. The van der Waals surface area contributed by atoms with Gasteiger partial charge in [0.1, 0.15) is 0 Å². The number of nitrogens with one attached hydrogen (secondary N) is 2. The van der Waals surface area contributed by atoms with Crippen molar-refractivity contribution in [3.05, 3.63) is 101 Å². The molecule has 0 atom stereocenters. The van der Waals surface area contributed by atoms with E-state index in [0.29, 0.717) is 25.3 Å². The third kappa shape index (κ3) is 4.27. The van der Waals surface area contributed by atoms with Gasteiger partial charge in [-0.2, -0.15) is 5.10 Å². The van der Waals surface area contributed by atoms with Gasteiger partial charge >= 0.3 is 0 Å². The van der Waals surface area contributed by atoms with Crippen LogP contribution in [0.3, 0.4) is 0 Å². The van der Waals surface area contributed by atoms with E-state index in [-0.39, 0.29) is 5.91 Å². The van der Waals surface area contributed by atoms with Crippen molar-refractivity contribution < 1.29 is 9.53 Å². The molecule has 0 saturated heterocycles. The van der Waals surface area contributed by atoms with Crippen molar-refractivity contribution in [3.63, 3.8) is 0 Å². The summed E-state index contributed by atoms with van der Waals surface area (Å²) in [5.74, 6) is -0.124. The Morgan fingerprint density at radius 3 is 2.54 bits per heavy atom. The van der Waals surface area contributed by atoms with Gasteiger partial charge in [-0.05, 0) is 22.8 Å². The molecule has 0 aliphatic rings. The fourth-order valence-electron chi connectivity index (χ4n) is 3.13. The summed E-state index contributed by atoms with van der Waals surface area (Å²) >= 11 is 0. The monoisotopic (exact) mass is 371 g/mol. The summed E-state index contributed by atoms with van der Waals surface area (Å²) in [6.45, 7) is 1.57. The Hall–Kier alpha value is -3.44. The molecular weight excluding hydrogens is 350 g/mol. The summed E-state index contributed by atoms with van der Waals surface area (Å²) in [5.41, 5.74) is 4.61. The average molecular weight is 371 g/mol. The molecule has 140 valence electrons. The maximum absolute atomic E-state index is 12.6. The lowest BCUT2D eigenvalue weighted by Crippen LogP contribution is -2.23. The van der Waals surface area contributed by atoms with E-state index in [0.717, 1.165) is 27.6 Å². The lowest BCUT2D eigenvalue weighted by atomic mass is 10.1. The van der Waals surface area contributed by atoms with Crippen molar-refractivity contribution in [2.75, 3.05) is 0 Å². The summed E-state index contributed by atoms with van der Waals surface area (Å²) in [4.78, 5) is 12.6. The molecule has 1 heterocycles. The van der Waals surface area contributed by atoms with Gasteiger partial charge in [0.2, 0.25) is 0 Å². The quantitative estimate of drug-likeness (QED) is 0.511. The van der Waals surface area contributed by atoms with Crippen molar-refractivity contribution in [3.8, 4) is 0 Å². The number of carbonyl (C=O) groups excluding carboxylic acids is 1. The number of ether oxygens (including phenoxy) is 1. The molecule has 3 aromatic carbocycles. The first kappa shape index (κ1) is 17.9. The molecule has 5 heteroatoms. The number of fused-ring (bicyclic) bond motifs is 1. The Morgan fingerprint density at radius 1 is 0.893 bits per heavy atom. The second kappa shape index (κ2) is 8.50. The van der Waals surface area contributed by atoms with E-state index < -0.39 is 0 Å². The van der Waals surface area contributed by atoms with Gasteiger partial charge in [-0.15, -0.1) is 0 Å². The molecular formula is C23H21N3O2. The number of hydrogen-bond donors (Lipinski definition) is 2. The van der Waals surface area contributed by atoms with E-state index in [1.165, 1.54) is 0 Å². The van der Waals surface area contributed by atoms with Crippen molar-refractivity contribution in [1.29, 1.82) is 0 Å². The topological polar surface area (TPSA) is 67.0 Å². The number of H-pyrrole nitrogens is 1. The molecule has 0 bridgehead atoms. The van der Waals surface area contributed by atoms with Gasteiger partial charge in [0, 0.05) is 11.9 Å². The predicted molar refractivity (Wildman–Crippen MR) is 109 cm³/mol. The van der Waals surface area contributed by atoms with Gasteiger partial charge < -0.3 is 10.1 Å². The summed E-state index contributed by atoms with van der Waals surface area (Å²) in [6.07, 6.45) is 1.71. The lowest BCUT2D eigenvalue weighted by molar-refractivity contribution is 0.0952. The fraction of sp³-hybridized carbons (Fsp3) is 0.130. The number of nitrogens with zero attached hydrogens (tertiary/aromatic N) is 1. The SMILES string of the molecule is O=C(NCc1cccc(COCc2ccccc2)c1)c1cccc2cn[nH]c12. The van der Waals surface area contributed by atoms with Crippen molar-refractivity contribution >= 4 is 16.8 Å². The Kier molecular flexibility index (Phi) is 5.45. The molecule has 0 aliphatic heterocycles. The van der Waals surface area contributed by atoms with E-state index >= 15 is 0 Å². The summed E-state index contributed by atoms with van der Waals surface area (Å²) in [6, 6.07) is 23.7. The van der Waals surface area contributed by atoms with Crippen LogP contribution >= 0.6 is 0 Å². The maximum Gasteiger partial charge on any atom is 0.253 e. The minimum Gasteiger partial charge on any atom is -0.372 e. The highest BCUT2D eigenvalue weighted by molar-refractivity contribution is 6.05. The van der Waals surface area contributed by atoms with Gasteiger partial charge in [-0.25, -0.2) is 0 Å². The third-order valence-electron chi connectivity index (χ3n) is 4.55. The number of carbonyl (C=O) groups is 1. The van der Waals surface area contributed by atoms with Crippen LogP contribution in [0.15, 0.2) is 79.0 Å². The first-order valence-corrected chi connectivity index (χ1v) is 9.19. The molecule has 2 N–H and O–H groups in total. The molecule has 0 saturated carbocycles. The molecule has 0 aliphatic carbocycles. The van der Waals surface area contributed by atoms with E-state index in [2.05, 4.69) is 21.6 Å². The smallest absolute Gasteiger partial charge is 0.253 e. The zero-order chi connectivity index (χ0) is 19.2. The Morgan fingerprint density at radius 2 is 1.64 bits per heavy atom. The lowest BCUT2D eigenvalue weighted by Gasteiger charge is -2.09. The van der Waals surface area contributed by atoms with Crippen LogP contribution in [0, 0.1) is 0 Å². The molecule has 5 nitrogen and oxygen atoms in total. The Bertz CT molecular complexity index is 1070. The van der Waals surface area contributed by atoms with Crippen LogP contribution < -0.4 is 5.32 Å². The first-order chi connectivity index (χ1) is 13.8. The highest BCUT2D eigenvalue weighted by Crippen LogP contribution is 2.16. The van der Waals surface area contributed by atoms with E-state index in [4.69, 9.17) is 4.74 Å². The Balaban J connectivity index is 1.34. The normalized spacial score (nSPS) is 10.9. The van der Waals surface area contributed by atoms with Gasteiger partial charge in [0.25, 0.3) is 5.91 Å². The van der Waals surface area contributed by atoms with Crippen LogP contribution in [0.2, 0.25) is 0 Å². The summed E-state index contributed by atoms with van der Waals surface area (Å²) in [5, 5.41) is 10.8. The van der Waals surface area contributed by atoms with Gasteiger partial charge in [-0.1, -0.05) is 66.7 Å². The second-order valence-corrected chi connectivity index (χ2v) is 6.62. The molecule has 0 unspecified atom stereocenters. The van der Waals surface area contributed by atoms with Crippen LogP contribution in [0.5, 0.6) is 0 Å². The van der Waals surface area contributed by atoms with Crippen LogP contribution in [0.1, 0.15) is 27.0 Å². The molecule has 1 amide bonds. The minimum absolute atomic E-state index is 0.124. The second-order valence-electron chi connectivity index (χ2n) is 6.62. The van der Waals surface area contributed by atoms with E-state index in [1.54, 1.807) is 12.3 Å². The minimum atomic E-state index is -0.124. The molecule has 0 spiro atoms. The highest BCUT2D eigenvalue weighted by Gasteiger charge is 2.11. The molecule has 4 aromatic rings. The number of para-hydroxylation sites is 1. The zero-order valence-corrected chi connectivity index (χ0v) is 15.4. The number of benzene rings is 3. The summed E-state index contributed by atoms with van der Waals surface area (Å²) in [7, 11) is 0. The Labute approximate surface area is 163 Å². The first-order valence-electron chi connectivity index (χ1n) is 9.19. The van der Waals surface area contributed by atoms with Gasteiger partial charge in [0.15, 0.2) is 0 Å². The van der Waals surface area contributed by atoms with Crippen LogP contribution in [-0.4, -0.2) is 16.1 Å². The van der Waals surface area contributed by atoms with Crippen LogP contribution in [0.25, 0.3) is 10.9 Å².